The van der Waals surface area contributed by atoms with Crippen LogP contribution in [0.2, 0.25) is 0 Å². The number of aromatic nitrogens is 2. The number of anilines is 1. The number of hydrogen-bond acceptors (Lipinski definition) is 3. The summed E-state index contributed by atoms with van der Waals surface area (Å²) in [5.41, 5.74) is 8.04. The number of amides is 1. The lowest BCUT2D eigenvalue weighted by molar-refractivity contribution is 0.0951. The Kier molecular flexibility index (Phi) is 3.74. The Morgan fingerprint density at radius 1 is 1.40 bits per heavy atom. The van der Waals surface area contributed by atoms with E-state index < -0.39 is 0 Å². The van der Waals surface area contributed by atoms with Gasteiger partial charge < -0.3 is 11.1 Å². The van der Waals surface area contributed by atoms with Gasteiger partial charge in [-0.2, -0.15) is 5.10 Å². The summed E-state index contributed by atoms with van der Waals surface area (Å²) in [6, 6.07) is 3.43. The summed E-state index contributed by atoms with van der Waals surface area (Å²) in [4.78, 5) is 12.0. The molecule has 0 saturated carbocycles. The SMILES string of the molecule is Cc1cc(CNC(=O)c2cnn(C)c2N)cc(C)c1F. The molecule has 6 heteroatoms. The van der Waals surface area contributed by atoms with E-state index in [9.17, 15) is 9.18 Å². The lowest BCUT2D eigenvalue weighted by Gasteiger charge is -2.08. The number of benzene rings is 1. The van der Waals surface area contributed by atoms with Crippen molar-refractivity contribution in [1.82, 2.24) is 15.1 Å². The van der Waals surface area contributed by atoms with E-state index in [1.165, 1.54) is 10.9 Å². The van der Waals surface area contributed by atoms with E-state index in [0.29, 0.717) is 29.1 Å². The van der Waals surface area contributed by atoms with Crippen LogP contribution < -0.4 is 11.1 Å². The number of nitrogens with zero attached hydrogens (tertiary/aromatic N) is 2. The highest BCUT2D eigenvalue weighted by molar-refractivity contribution is 5.98. The lowest BCUT2D eigenvalue weighted by Crippen LogP contribution is -2.23. The topological polar surface area (TPSA) is 72.9 Å². The van der Waals surface area contributed by atoms with Crippen molar-refractivity contribution in [2.75, 3.05) is 5.73 Å². The van der Waals surface area contributed by atoms with Crippen LogP contribution in [0.1, 0.15) is 27.0 Å². The summed E-state index contributed by atoms with van der Waals surface area (Å²) in [7, 11) is 1.67. The minimum absolute atomic E-state index is 0.211. The van der Waals surface area contributed by atoms with Crippen molar-refractivity contribution >= 4 is 11.7 Å². The van der Waals surface area contributed by atoms with Crippen molar-refractivity contribution in [3.05, 3.63) is 46.4 Å². The molecule has 2 rings (SSSR count). The molecule has 1 amide bonds. The molecule has 0 atom stereocenters. The zero-order valence-corrected chi connectivity index (χ0v) is 11.7. The second-order valence-corrected chi connectivity index (χ2v) is 4.79. The number of rotatable bonds is 3. The molecule has 106 valence electrons. The van der Waals surface area contributed by atoms with Crippen LogP contribution in [-0.4, -0.2) is 15.7 Å². The number of hydrogen-bond donors (Lipinski definition) is 2. The number of nitrogen functional groups attached to an aromatic ring is 1. The van der Waals surface area contributed by atoms with Crippen LogP contribution in [0.25, 0.3) is 0 Å². The summed E-state index contributed by atoms with van der Waals surface area (Å²) < 4.78 is 14.9. The molecule has 20 heavy (non-hydrogen) atoms. The Morgan fingerprint density at radius 2 is 2.00 bits per heavy atom. The largest absolute Gasteiger partial charge is 0.383 e. The van der Waals surface area contributed by atoms with Crippen LogP contribution in [0.3, 0.4) is 0 Å². The second-order valence-electron chi connectivity index (χ2n) is 4.79. The van der Waals surface area contributed by atoms with Gasteiger partial charge in [0.05, 0.1) is 6.20 Å². The number of carbonyl (C=O) groups excluding carboxylic acids is 1. The van der Waals surface area contributed by atoms with Gasteiger partial charge in [-0.3, -0.25) is 9.48 Å². The smallest absolute Gasteiger partial charge is 0.256 e. The molecule has 0 bridgehead atoms. The van der Waals surface area contributed by atoms with E-state index in [1.54, 1.807) is 33.0 Å². The van der Waals surface area contributed by atoms with E-state index in [4.69, 9.17) is 5.73 Å². The van der Waals surface area contributed by atoms with Crippen LogP contribution in [0.4, 0.5) is 10.2 Å². The number of nitrogens with two attached hydrogens (primary N) is 1. The Balaban J connectivity index is 2.09. The summed E-state index contributed by atoms with van der Waals surface area (Å²) in [5, 5.41) is 6.66. The molecule has 0 radical (unpaired) electrons. The maximum Gasteiger partial charge on any atom is 0.256 e. The number of aryl methyl sites for hydroxylation is 3. The quantitative estimate of drug-likeness (QED) is 0.896. The molecule has 0 aliphatic heterocycles. The van der Waals surface area contributed by atoms with Crippen LogP contribution in [0.5, 0.6) is 0 Å². The van der Waals surface area contributed by atoms with Crippen molar-refractivity contribution in [1.29, 1.82) is 0 Å². The summed E-state index contributed by atoms with van der Waals surface area (Å²) in [6.07, 6.45) is 1.42. The maximum atomic E-state index is 13.5. The van der Waals surface area contributed by atoms with Gasteiger partial charge in [0, 0.05) is 13.6 Å². The summed E-state index contributed by atoms with van der Waals surface area (Å²) >= 11 is 0. The van der Waals surface area contributed by atoms with E-state index >= 15 is 0 Å². The molecule has 0 saturated heterocycles. The third-order valence-corrected chi connectivity index (χ3v) is 3.18. The Hall–Kier alpha value is -2.37. The maximum absolute atomic E-state index is 13.5. The summed E-state index contributed by atoms with van der Waals surface area (Å²) in [6.45, 7) is 3.72. The van der Waals surface area contributed by atoms with Crippen molar-refractivity contribution in [2.45, 2.75) is 20.4 Å². The molecular formula is C14H17FN4O. The first kappa shape index (κ1) is 14.0. The number of carbonyl (C=O) groups is 1. The Bertz CT molecular complexity index is 640. The third-order valence-electron chi connectivity index (χ3n) is 3.18. The fraction of sp³-hybridized carbons (Fsp3) is 0.286. The Labute approximate surface area is 116 Å². The van der Waals surface area contributed by atoms with Gasteiger partial charge in [-0.25, -0.2) is 4.39 Å². The van der Waals surface area contributed by atoms with Gasteiger partial charge in [-0.05, 0) is 30.5 Å². The molecule has 0 aliphatic carbocycles. The van der Waals surface area contributed by atoms with Crippen LogP contribution >= 0.6 is 0 Å². The zero-order valence-electron chi connectivity index (χ0n) is 11.7. The van der Waals surface area contributed by atoms with Crippen LogP contribution in [0, 0.1) is 19.7 Å². The van der Waals surface area contributed by atoms with E-state index in [1.807, 2.05) is 0 Å². The average molecular weight is 276 g/mol. The van der Waals surface area contributed by atoms with Gasteiger partial charge >= 0.3 is 0 Å². The molecule has 3 N–H and O–H groups in total. The third kappa shape index (κ3) is 2.64. The molecule has 0 spiro atoms. The van der Waals surface area contributed by atoms with Crippen LogP contribution in [-0.2, 0) is 13.6 Å². The van der Waals surface area contributed by atoms with Gasteiger partial charge in [-0.1, -0.05) is 12.1 Å². The molecule has 2 aromatic rings. The molecule has 0 fully saturated rings. The summed E-state index contributed by atoms with van der Waals surface area (Å²) in [5.74, 6) is -0.194. The van der Waals surface area contributed by atoms with Crippen molar-refractivity contribution in [2.24, 2.45) is 7.05 Å². The van der Waals surface area contributed by atoms with Gasteiger partial charge in [0.25, 0.3) is 5.91 Å². The average Bonchev–Trinajstić information content (AvgIpc) is 2.73. The lowest BCUT2D eigenvalue weighted by atomic mass is 10.1. The molecule has 0 unspecified atom stereocenters. The fourth-order valence-electron chi connectivity index (χ4n) is 2.04. The first-order valence-electron chi connectivity index (χ1n) is 6.21. The molecular weight excluding hydrogens is 259 g/mol. The highest BCUT2D eigenvalue weighted by Crippen LogP contribution is 2.15. The number of nitrogens with one attached hydrogen (secondary N) is 1. The van der Waals surface area contributed by atoms with E-state index in [0.717, 1.165) is 5.56 Å². The molecule has 1 heterocycles. The van der Waals surface area contributed by atoms with Gasteiger partial charge in [-0.15, -0.1) is 0 Å². The second kappa shape index (κ2) is 5.32. The molecule has 5 nitrogen and oxygen atoms in total. The van der Waals surface area contributed by atoms with Crippen molar-refractivity contribution in [3.8, 4) is 0 Å². The fourth-order valence-corrected chi connectivity index (χ4v) is 2.04. The first-order chi connectivity index (χ1) is 9.40. The van der Waals surface area contributed by atoms with Crippen molar-refractivity contribution < 1.29 is 9.18 Å². The predicted molar refractivity (Wildman–Crippen MR) is 74.7 cm³/mol. The van der Waals surface area contributed by atoms with Gasteiger partial charge in [0.1, 0.15) is 17.2 Å². The predicted octanol–water partition coefficient (Wildman–Crippen LogP) is 1.69. The highest BCUT2D eigenvalue weighted by Gasteiger charge is 2.13. The minimum atomic E-state index is -0.296. The normalized spacial score (nSPS) is 10.6. The molecule has 1 aromatic heterocycles. The van der Waals surface area contributed by atoms with Gasteiger partial charge in [0.2, 0.25) is 0 Å². The zero-order chi connectivity index (χ0) is 14.9. The highest BCUT2D eigenvalue weighted by atomic mass is 19.1. The number of halogens is 1. The molecule has 1 aromatic carbocycles. The van der Waals surface area contributed by atoms with E-state index in [2.05, 4.69) is 10.4 Å². The monoisotopic (exact) mass is 276 g/mol. The van der Waals surface area contributed by atoms with Crippen LogP contribution in [0.15, 0.2) is 18.3 Å². The molecule has 0 aliphatic rings. The first-order valence-corrected chi connectivity index (χ1v) is 6.21. The van der Waals surface area contributed by atoms with Crippen molar-refractivity contribution in [3.63, 3.8) is 0 Å². The minimum Gasteiger partial charge on any atom is -0.383 e. The Morgan fingerprint density at radius 3 is 2.50 bits per heavy atom. The van der Waals surface area contributed by atoms with Gasteiger partial charge in [0.15, 0.2) is 0 Å². The standard InChI is InChI=1S/C14H17FN4O/c1-8-4-10(5-9(2)12(8)15)6-17-14(20)11-7-18-19(3)13(11)16/h4-5,7H,6,16H2,1-3H3,(H,17,20). The van der Waals surface area contributed by atoms with E-state index in [-0.39, 0.29) is 11.7 Å².